The van der Waals surface area contributed by atoms with Crippen molar-refractivity contribution >= 4 is 17.4 Å². The molecule has 0 spiro atoms. The van der Waals surface area contributed by atoms with Gasteiger partial charge in [0.25, 0.3) is 11.7 Å². The molecule has 1 amide bonds. The molecule has 1 saturated heterocycles. The van der Waals surface area contributed by atoms with Crippen molar-refractivity contribution in [3.05, 3.63) is 59.4 Å². The third-order valence-corrected chi connectivity index (χ3v) is 5.91. The number of aromatic nitrogens is 1. The number of nitrogens with zero attached hydrogens (tertiary/aromatic N) is 3. The molecule has 2 aromatic rings. The number of hydrogen-bond donors (Lipinski definition) is 1. The van der Waals surface area contributed by atoms with Crippen LogP contribution in [-0.2, 0) is 9.59 Å². The maximum atomic E-state index is 13.1. The Morgan fingerprint density at radius 2 is 1.91 bits per heavy atom. The highest BCUT2D eigenvalue weighted by molar-refractivity contribution is 6.46. The predicted molar refractivity (Wildman–Crippen MR) is 118 cm³/mol. The van der Waals surface area contributed by atoms with Gasteiger partial charge in [-0.1, -0.05) is 19.9 Å². The molecular formula is C24H27N3O5. The van der Waals surface area contributed by atoms with E-state index >= 15 is 0 Å². The molecule has 1 N–H and O–H groups in total. The van der Waals surface area contributed by atoms with Crippen molar-refractivity contribution in [2.75, 3.05) is 39.4 Å². The van der Waals surface area contributed by atoms with Crippen molar-refractivity contribution in [1.82, 2.24) is 14.8 Å². The molecule has 2 aliphatic rings. The van der Waals surface area contributed by atoms with Crippen LogP contribution in [0.25, 0.3) is 5.76 Å². The van der Waals surface area contributed by atoms with Crippen molar-refractivity contribution in [2.24, 2.45) is 0 Å². The Morgan fingerprint density at radius 1 is 1.16 bits per heavy atom. The smallest absolute Gasteiger partial charge is 0.295 e. The number of fused-ring (bicyclic) bond motifs is 1. The third kappa shape index (κ3) is 4.05. The van der Waals surface area contributed by atoms with Gasteiger partial charge in [0.05, 0.1) is 11.6 Å². The topological polar surface area (TPSA) is 92.2 Å². The molecule has 4 rings (SSSR count). The summed E-state index contributed by atoms with van der Waals surface area (Å²) in [6, 6.07) is 7.83. The number of rotatable bonds is 7. The van der Waals surface area contributed by atoms with Gasteiger partial charge in [-0.2, -0.15) is 0 Å². The van der Waals surface area contributed by atoms with E-state index in [0.29, 0.717) is 48.9 Å². The van der Waals surface area contributed by atoms with Gasteiger partial charge >= 0.3 is 0 Å². The molecule has 1 fully saturated rings. The van der Waals surface area contributed by atoms with Crippen molar-refractivity contribution in [3.8, 4) is 11.5 Å². The Balaban J connectivity index is 1.76. The second kappa shape index (κ2) is 9.40. The van der Waals surface area contributed by atoms with Crippen molar-refractivity contribution in [2.45, 2.75) is 19.9 Å². The largest absolute Gasteiger partial charge is 0.507 e. The zero-order chi connectivity index (χ0) is 22.7. The number of carbonyl (C=O) groups is 2. The van der Waals surface area contributed by atoms with E-state index in [9.17, 15) is 14.7 Å². The molecule has 1 atom stereocenters. The van der Waals surface area contributed by atoms with E-state index in [1.807, 2.05) is 6.07 Å². The lowest BCUT2D eigenvalue weighted by molar-refractivity contribution is -0.140. The summed E-state index contributed by atoms with van der Waals surface area (Å²) in [5.74, 6) is -0.485. The molecule has 1 aromatic heterocycles. The fraction of sp³-hybridized carbons (Fsp3) is 0.375. The van der Waals surface area contributed by atoms with E-state index in [4.69, 9.17) is 9.47 Å². The Kier molecular flexibility index (Phi) is 6.41. The standard InChI is InChI=1S/C24H27N3O5/c1-3-26(4-2)10-11-27-21(17-6-5-9-25-15-17)20(23(29)24(27)30)22(28)16-7-8-18-19(14-16)32-13-12-31-18/h5-9,14-15,21,28H,3-4,10-13H2,1-2H3/b22-20+. The first kappa shape index (κ1) is 21.8. The van der Waals surface area contributed by atoms with E-state index in [1.165, 1.54) is 4.90 Å². The molecule has 0 radical (unpaired) electrons. The van der Waals surface area contributed by atoms with Gasteiger partial charge in [0.2, 0.25) is 0 Å². The average molecular weight is 437 g/mol. The number of hydrogen-bond acceptors (Lipinski definition) is 7. The van der Waals surface area contributed by atoms with E-state index in [1.54, 1.807) is 36.7 Å². The summed E-state index contributed by atoms with van der Waals surface area (Å²) in [6.45, 7) is 7.64. The van der Waals surface area contributed by atoms with Crippen LogP contribution in [0.3, 0.4) is 0 Å². The summed E-state index contributed by atoms with van der Waals surface area (Å²) in [5.41, 5.74) is 1.12. The van der Waals surface area contributed by atoms with E-state index in [-0.39, 0.29) is 11.3 Å². The molecule has 168 valence electrons. The minimum atomic E-state index is -0.715. The number of Topliss-reactive ketones (excluding diaryl/α,β-unsaturated/α-hetero) is 1. The normalized spacial score (nSPS) is 19.6. The lowest BCUT2D eigenvalue weighted by atomic mass is 9.96. The lowest BCUT2D eigenvalue weighted by Gasteiger charge is -2.28. The van der Waals surface area contributed by atoms with Crippen LogP contribution in [0.2, 0.25) is 0 Å². The van der Waals surface area contributed by atoms with Crippen LogP contribution in [-0.4, -0.2) is 71.0 Å². The van der Waals surface area contributed by atoms with Gasteiger partial charge in [0, 0.05) is 31.0 Å². The number of aliphatic hydroxyl groups is 1. The van der Waals surface area contributed by atoms with Crippen molar-refractivity contribution in [1.29, 1.82) is 0 Å². The predicted octanol–water partition coefficient (Wildman–Crippen LogP) is 2.62. The number of ether oxygens (including phenoxy) is 2. The highest BCUT2D eigenvalue weighted by Gasteiger charge is 2.46. The lowest BCUT2D eigenvalue weighted by Crippen LogP contribution is -2.38. The number of likely N-dealkylation sites (tertiary alicyclic amines) is 1. The second-order valence-corrected chi connectivity index (χ2v) is 7.66. The van der Waals surface area contributed by atoms with Crippen LogP contribution in [0, 0.1) is 0 Å². The Hall–Kier alpha value is -3.39. The summed E-state index contributed by atoms with van der Waals surface area (Å²) in [5, 5.41) is 11.2. The summed E-state index contributed by atoms with van der Waals surface area (Å²) in [7, 11) is 0. The highest BCUT2D eigenvalue weighted by Crippen LogP contribution is 2.40. The zero-order valence-electron chi connectivity index (χ0n) is 18.3. The van der Waals surface area contributed by atoms with Gasteiger partial charge in [0.15, 0.2) is 11.5 Å². The van der Waals surface area contributed by atoms with Gasteiger partial charge in [-0.05, 0) is 42.9 Å². The molecule has 2 aliphatic heterocycles. The van der Waals surface area contributed by atoms with Crippen molar-refractivity contribution < 1.29 is 24.2 Å². The minimum absolute atomic E-state index is 0.0548. The molecular weight excluding hydrogens is 410 g/mol. The van der Waals surface area contributed by atoms with E-state index < -0.39 is 17.7 Å². The Labute approximate surface area is 187 Å². The highest BCUT2D eigenvalue weighted by atomic mass is 16.6. The van der Waals surface area contributed by atoms with E-state index in [2.05, 4.69) is 23.7 Å². The monoisotopic (exact) mass is 437 g/mol. The maximum Gasteiger partial charge on any atom is 0.295 e. The number of benzene rings is 1. The summed E-state index contributed by atoms with van der Waals surface area (Å²) < 4.78 is 11.2. The molecule has 0 aliphatic carbocycles. The fourth-order valence-electron chi connectivity index (χ4n) is 4.13. The number of likely N-dealkylation sites (N-methyl/N-ethyl adjacent to an activating group) is 1. The number of amides is 1. The van der Waals surface area contributed by atoms with Crippen LogP contribution < -0.4 is 9.47 Å². The SMILES string of the molecule is CCN(CC)CCN1C(=O)C(=O)/C(=C(/O)c2ccc3c(c2)OCCO3)C1c1cccnc1. The molecule has 1 unspecified atom stereocenters. The van der Waals surface area contributed by atoms with Gasteiger partial charge in [-0.3, -0.25) is 14.6 Å². The Morgan fingerprint density at radius 3 is 2.59 bits per heavy atom. The van der Waals surface area contributed by atoms with Crippen LogP contribution in [0.15, 0.2) is 48.3 Å². The minimum Gasteiger partial charge on any atom is -0.507 e. The van der Waals surface area contributed by atoms with Crippen LogP contribution in [0.5, 0.6) is 11.5 Å². The quantitative estimate of drug-likeness (QED) is 0.404. The average Bonchev–Trinajstić information content (AvgIpc) is 3.09. The summed E-state index contributed by atoms with van der Waals surface area (Å²) in [6.07, 6.45) is 3.25. The van der Waals surface area contributed by atoms with E-state index in [0.717, 1.165) is 13.1 Å². The molecule has 8 nitrogen and oxygen atoms in total. The van der Waals surface area contributed by atoms with Crippen molar-refractivity contribution in [3.63, 3.8) is 0 Å². The zero-order valence-corrected chi connectivity index (χ0v) is 18.3. The van der Waals surface area contributed by atoms with Crippen LogP contribution in [0.4, 0.5) is 0 Å². The first-order chi connectivity index (χ1) is 15.5. The van der Waals surface area contributed by atoms with Gasteiger partial charge < -0.3 is 24.4 Å². The van der Waals surface area contributed by atoms with Gasteiger partial charge in [-0.15, -0.1) is 0 Å². The molecule has 32 heavy (non-hydrogen) atoms. The van der Waals surface area contributed by atoms with Gasteiger partial charge in [-0.25, -0.2) is 0 Å². The fourth-order valence-corrected chi connectivity index (χ4v) is 4.13. The second-order valence-electron chi connectivity index (χ2n) is 7.66. The summed E-state index contributed by atoms with van der Waals surface area (Å²) in [4.78, 5) is 34.0. The molecule has 1 aromatic carbocycles. The number of ketones is 1. The molecule has 0 bridgehead atoms. The molecule has 3 heterocycles. The third-order valence-electron chi connectivity index (χ3n) is 5.91. The summed E-state index contributed by atoms with van der Waals surface area (Å²) >= 11 is 0. The maximum absolute atomic E-state index is 13.1. The molecule has 8 heteroatoms. The van der Waals surface area contributed by atoms with Crippen LogP contribution >= 0.6 is 0 Å². The number of aliphatic hydroxyl groups excluding tert-OH is 1. The van der Waals surface area contributed by atoms with Gasteiger partial charge in [0.1, 0.15) is 19.0 Å². The number of pyridine rings is 1. The first-order valence-electron chi connectivity index (χ1n) is 10.9. The van der Waals surface area contributed by atoms with Crippen LogP contribution in [0.1, 0.15) is 31.0 Å². The molecule has 0 saturated carbocycles. The number of carbonyl (C=O) groups excluding carboxylic acids is 2. The Bertz CT molecular complexity index is 1030. The first-order valence-corrected chi connectivity index (χ1v) is 10.9.